The first-order valence-electron chi connectivity index (χ1n) is 8.84. The molecule has 0 radical (unpaired) electrons. The Morgan fingerprint density at radius 2 is 2.00 bits per heavy atom. The fourth-order valence-corrected chi connectivity index (χ4v) is 3.22. The van der Waals surface area contributed by atoms with Crippen LogP contribution in [0.25, 0.3) is 0 Å². The van der Waals surface area contributed by atoms with Crippen molar-refractivity contribution >= 4 is 6.03 Å². The molecule has 0 unspecified atom stereocenters. The van der Waals surface area contributed by atoms with Gasteiger partial charge >= 0.3 is 12.2 Å². The van der Waals surface area contributed by atoms with E-state index < -0.39 is 29.6 Å². The summed E-state index contributed by atoms with van der Waals surface area (Å²) in [7, 11) is 1.42. The summed E-state index contributed by atoms with van der Waals surface area (Å²) in [6.07, 6.45) is -3.31. The van der Waals surface area contributed by atoms with Gasteiger partial charge in [0.15, 0.2) is 0 Å². The van der Waals surface area contributed by atoms with Gasteiger partial charge in [-0.25, -0.2) is 9.18 Å². The Kier molecular flexibility index (Phi) is 5.76. The number of nitrogens with one attached hydrogen (secondary N) is 1. The molecule has 0 spiro atoms. The van der Waals surface area contributed by atoms with E-state index in [-0.39, 0.29) is 12.1 Å². The molecule has 1 atom stereocenters. The Morgan fingerprint density at radius 3 is 2.75 bits per heavy atom. The lowest BCUT2D eigenvalue weighted by Crippen LogP contribution is -2.39. The minimum Gasteiger partial charge on any atom is -0.493 e. The maximum Gasteiger partial charge on any atom is 0.416 e. The molecule has 3 rings (SSSR count). The number of benzene rings is 2. The van der Waals surface area contributed by atoms with Crippen molar-refractivity contribution in [3.8, 4) is 5.75 Å². The third kappa shape index (κ3) is 4.55. The minimum absolute atomic E-state index is 0.00305. The van der Waals surface area contributed by atoms with E-state index in [0.717, 1.165) is 6.07 Å². The molecule has 0 aliphatic carbocycles. The van der Waals surface area contributed by atoms with E-state index in [1.54, 1.807) is 0 Å². The number of hydrogen-bond acceptors (Lipinski definition) is 2. The van der Waals surface area contributed by atoms with E-state index in [1.807, 2.05) is 0 Å². The van der Waals surface area contributed by atoms with E-state index in [1.165, 1.54) is 48.3 Å². The molecule has 2 aromatic carbocycles. The number of nitrogens with zero attached hydrogens (tertiary/aromatic N) is 1. The van der Waals surface area contributed by atoms with E-state index >= 15 is 0 Å². The molecule has 0 saturated heterocycles. The van der Waals surface area contributed by atoms with Crippen LogP contribution in [0.5, 0.6) is 5.75 Å². The van der Waals surface area contributed by atoms with Gasteiger partial charge < -0.3 is 15.0 Å². The normalized spacial score (nSPS) is 16.5. The predicted octanol–water partition coefficient (Wildman–Crippen LogP) is 4.90. The molecule has 8 heteroatoms. The van der Waals surface area contributed by atoms with Crippen LogP contribution in [0.2, 0.25) is 0 Å². The van der Waals surface area contributed by atoms with Gasteiger partial charge in [0.25, 0.3) is 0 Å². The molecule has 150 valence electrons. The highest BCUT2D eigenvalue weighted by Gasteiger charge is 2.33. The number of amides is 2. The Bertz CT molecular complexity index is 854. The van der Waals surface area contributed by atoms with Crippen molar-refractivity contribution in [1.29, 1.82) is 0 Å². The molecule has 1 aliphatic heterocycles. The van der Waals surface area contributed by atoms with Crippen LogP contribution in [0.4, 0.5) is 22.4 Å². The van der Waals surface area contributed by atoms with Crippen molar-refractivity contribution in [1.82, 2.24) is 10.2 Å². The Morgan fingerprint density at radius 1 is 1.25 bits per heavy atom. The van der Waals surface area contributed by atoms with Crippen molar-refractivity contribution in [2.24, 2.45) is 0 Å². The molecule has 1 aliphatic rings. The van der Waals surface area contributed by atoms with Crippen LogP contribution in [0.3, 0.4) is 0 Å². The number of urea groups is 1. The van der Waals surface area contributed by atoms with Gasteiger partial charge in [-0.3, -0.25) is 0 Å². The van der Waals surface area contributed by atoms with Crippen molar-refractivity contribution in [3.63, 3.8) is 0 Å². The van der Waals surface area contributed by atoms with Crippen LogP contribution < -0.4 is 10.1 Å². The number of rotatable bonds is 3. The van der Waals surface area contributed by atoms with Crippen LogP contribution >= 0.6 is 0 Å². The van der Waals surface area contributed by atoms with Crippen molar-refractivity contribution in [2.45, 2.75) is 31.6 Å². The monoisotopic (exact) mass is 396 g/mol. The molecule has 1 heterocycles. The van der Waals surface area contributed by atoms with Crippen LogP contribution in [0, 0.1) is 5.82 Å². The van der Waals surface area contributed by atoms with E-state index in [0.29, 0.717) is 30.8 Å². The summed E-state index contributed by atoms with van der Waals surface area (Å²) in [5.41, 5.74) is -0.247. The topological polar surface area (TPSA) is 41.6 Å². The summed E-state index contributed by atoms with van der Waals surface area (Å²) in [4.78, 5) is 13.8. The number of alkyl halides is 3. The summed E-state index contributed by atoms with van der Waals surface area (Å²) < 4.78 is 58.7. The summed E-state index contributed by atoms with van der Waals surface area (Å²) >= 11 is 0. The molecule has 4 nitrogen and oxygen atoms in total. The lowest BCUT2D eigenvalue weighted by molar-refractivity contribution is -0.138. The number of carbonyl (C=O) groups is 1. The number of halogens is 4. The second-order valence-electron chi connectivity index (χ2n) is 6.69. The lowest BCUT2D eigenvalue weighted by atomic mass is 10.0. The Labute approximate surface area is 160 Å². The van der Waals surface area contributed by atoms with Crippen molar-refractivity contribution < 1.29 is 27.1 Å². The maximum atomic E-state index is 13.7. The van der Waals surface area contributed by atoms with Gasteiger partial charge in [0, 0.05) is 19.2 Å². The Balaban J connectivity index is 1.75. The largest absolute Gasteiger partial charge is 0.493 e. The Hall–Kier alpha value is -2.77. The average molecular weight is 396 g/mol. The zero-order chi connectivity index (χ0) is 20.3. The fraction of sp³-hybridized carbons (Fsp3) is 0.350. The highest BCUT2D eigenvalue weighted by Crippen LogP contribution is 2.33. The molecular weight excluding hydrogens is 376 g/mol. The third-order valence-electron chi connectivity index (χ3n) is 4.62. The van der Waals surface area contributed by atoms with Gasteiger partial charge in [-0.05, 0) is 42.7 Å². The zero-order valence-corrected chi connectivity index (χ0v) is 15.2. The molecule has 2 aromatic rings. The molecule has 0 fully saturated rings. The number of ether oxygens (including phenoxy) is 1. The van der Waals surface area contributed by atoms with Gasteiger partial charge in [-0.2, -0.15) is 13.2 Å². The quantitative estimate of drug-likeness (QED) is 0.750. The second kappa shape index (κ2) is 8.08. The van der Waals surface area contributed by atoms with Crippen LogP contribution in [-0.2, 0) is 12.7 Å². The van der Waals surface area contributed by atoms with Gasteiger partial charge in [0.1, 0.15) is 11.6 Å². The molecule has 1 N–H and O–H groups in total. The van der Waals surface area contributed by atoms with Gasteiger partial charge in [0.2, 0.25) is 0 Å². The molecule has 2 amide bonds. The van der Waals surface area contributed by atoms with Crippen LogP contribution in [-0.4, -0.2) is 24.6 Å². The standard InChI is InChI=1S/C20H20F4N2O2/c1-26(12-13-5-2-3-6-16(13)20(22,23)24)19(27)25-17-7-4-10-28-18-9-8-14(21)11-15(17)18/h2-3,5-6,8-9,11,17H,4,7,10,12H2,1H3,(H,25,27)/t17-/m1/s1. The van der Waals surface area contributed by atoms with Crippen molar-refractivity contribution in [2.75, 3.05) is 13.7 Å². The number of fused-ring (bicyclic) bond motifs is 1. The van der Waals surface area contributed by atoms with Gasteiger partial charge in [-0.1, -0.05) is 18.2 Å². The molecular formula is C20H20F4N2O2. The predicted molar refractivity (Wildman–Crippen MR) is 95.3 cm³/mol. The highest BCUT2D eigenvalue weighted by molar-refractivity contribution is 5.74. The average Bonchev–Trinajstić information content (AvgIpc) is 2.83. The summed E-state index contributed by atoms with van der Waals surface area (Å²) in [6, 6.07) is 8.22. The fourth-order valence-electron chi connectivity index (χ4n) is 3.22. The van der Waals surface area contributed by atoms with E-state index in [9.17, 15) is 22.4 Å². The first kappa shape index (κ1) is 20.0. The molecule has 28 heavy (non-hydrogen) atoms. The van der Waals surface area contributed by atoms with E-state index in [4.69, 9.17) is 4.74 Å². The zero-order valence-electron chi connectivity index (χ0n) is 15.2. The smallest absolute Gasteiger partial charge is 0.416 e. The molecule has 0 bridgehead atoms. The van der Waals surface area contributed by atoms with Crippen LogP contribution in [0.15, 0.2) is 42.5 Å². The molecule has 0 aromatic heterocycles. The third-order valence-corrected chi connectivity index (χ3v) is 4.62. The van der Waals surface area contributed by atoms with E-state index in [2.05, 4.69) is 5.32 Å². The lowest BCUT2D eigenvalue weighted by Gasteiger charge is -2.24. The van der Waals surface area contributed by atoms with Gasteiger partial charge in [0.05, 0.1) is 18.2 Å². The maximum absolute atomic E-state index is 13.7. The second-order valence-corrected chi connectivity index (χ2v) is 6.69. The minimum atomic E-state index is -4.50. The van der Waals surface area contributed by atoms with Crippen LogP contribution in [0.1, 0.15) is 35.6 Å². The van der Waals surface area contributed by atoms with Crippen molar-refractivity contribution in [3.05, 3.63) is 65.0 Å². The SMILES string of the molecule is CN(Cc1ccccc1C(F)(F)F)C(=O)N[C@@H]1CCCOc2ccc(F)cc21. The summed E-state index contributed by atoms with van der Waals surface area (Å²) in [5, 5.41) is 2.78. The summed E-state index contributed by atoms with van der Waals surface area (Å²) in [5.74, 6) is 0.0465. The molecule has 0 saturated carbocycles. The van der Waals surface area contributed by atoms with Gasteiger partial charge in [-0.15, -0.1) is 0 Å². The number of carbonyl (C=O) groups excluding carboxylic acids is 1. The first-order valence-corrected chi connectivity index (χ1v) is 8.84. The first-order chi connectivity index (χ1) is 13.3. The number of hydrogen-bond donors (Lipinski definition) is 1. The highest BCUT2D eigenvalue weighted by atomic mass is 19.4. The summed E-state index contributed by atoms with van der Waals surface area (Å²) in [6.45, 7) is 0.237.